The van der Waals surface area contributed by atoms with Crippen LogP contribution in [-0.2, 0) is 13.0 Å². The quantitative estimate of drug-likeness (QED) is 0.792. The highest BCUT2D eigenvalue weighted by Gasteiger charge is 2.26. The molecule has 2 aromatic rings. The van der Waals surface area contributed by atoms with Crippen LogP contribution in [0.3, 0.4) is 0 Å². The fraction of sp³-hybridized carbons (Fsp3) is 0.500. The van der Waals surface area contributed by atoms with Crippen molar-refractivity contribution in [2.45, 2.75) is 32.7 Å². The van der Waals surface area contributed by atoms with Gasteiger partial charge < -0.3 is 19.3 Å². The van der Waals surface area contributed by atoms with Gasteiger partial charge in [-0.1, -0.05) is 6.92 Å². The van der Waals surface area contributed by atoms with Crippen LogP contribution >= 0.6 is 0 Å². The number of ether oxygens (including phenoxy) is 2. The number of nitrogens with zero attached hydrogens (tertiary/aromatic N) is 4. The second kappa shape index (κ2) is 8.27. The standard InChI is InChI=1S/C22H28N4O3/c1-15-5-4-7-25(12-15)21-11-18(23-14-24-21)22(27)26-8-6-16-9-19(28-2)20(29-3)10-17(16)13-26/h9-11,14-15H,4-8,12-13H2,1-3H3. The highest BCUT2D eigenvalue weighted by molar-refractivity contribution is 5.93. The molecule has 7 nitrogen and oxygen atoms in total. The van der Waals surface area contributed by atoms with Gasteiger partial charge in [0.15, 0.2) is 11.5 Å². The van der Waals surface area contributed by atoms with Crippen molar-refractivity contribution in [1.29, 1.82) is 0 Å². The number of anilines is 1. The third-order valence-electron chi connectivity index (χ3n) is 5.86. The van der Waals surface area contributed by atoms with Crippen LogP contribution in [0.25, 0.3) is 0 Å². The number of aromatic nitrogens is 2. The van der Waals surface area contributed by atoms with Crippen molar-refractivity contribution in [1.82, 2.24) is 14.9 Å². The van der Waals surface area contributed by atoms with E-state index in [1.165, 1.54) is 18.3 Å². The molecule has 1 atom stereocenters. The van der Waals surface area contributed by atoms with Crippen molar-refractivity contribution in [2.24, 2.45) is 5.92 Å². The maximum Gasteiger partial charge on any atom is 0.272 e. The maximum absolute atomic E-state index is 13.1. The molecule has 1 unspecified atom stereocenters. The number of piperidine rings is 1. The van der Waals surface area contributed by atoms with Crippen molar-refractivity contribution in [3.8, 4) is 11.5 Å². The molecular weight excluding hydrogens is 368 g/mol. The van der Waals surface area contributed by atoms with E-state index in [0.717, 1.165) is 43.1 Å². The van der Waals surface area contributed by atoms with Gasteiger partial charge in [-0.2, -0.15) is 0 Å². The first kappa shape index (κ1) is 19.5. The normalized spacial score (nSPS) is 18.9. The summed E-state index contributed by atoms with van der Waals surface area (Å²) in [4.78, 5) is 25.9. The van der Waals surface area contributed by atoms with Gasteiger partial charge in [0.1, 0.15) is 17.8 Å². The molecular formula is C22H28N4O3. The Morgan fingerprint density at radius 1 is 1.07 bits per heavy atom. The molecule has 3 heterocycles. The lowest BCUT2D eigenvalue weighted by Crippen LogP contribution is -2.37. The average Bonchev–Trinajstić information content (AvgIpc) is 2.77. The Labute approximate surface area is 171 Å². The molecule has 0 bridgehead atoms. The van der Waals surface area contributed by atoms with E-state index in [4.69, 9.17) is 9.47 Å². The van der Waals surface area contributed by atoms with Crippen LogP contribution < -0.4 is 14.4 Å². The molecule has 1 saturated heterocycles. The van der Waals surface area contributed by atoms with Gasteiger partial charge in [0.05, 0.1) is 14.2 Å². The topological polar surface area (TPSA) is 67.8 Å². The average molecular weight is 396 g/mol. The van der Waals surface area contributed by atoms with E-state index in [2.05, 4.69) is 21.8 Å². The Kier molecular flexibility index (Phi) is 5.56. The Morgan fingerprint density at radius 3 is 2.55 bits per heavy atom. The summed E-state index contributed by atoms with van der Waals surface area (Å²) in [5.41, 5.74) is 2.73. The molecule has 2 aliphatic heterocycles. The van der Waals surface area contributed by atoms with E-state index in [1.807, 2.05) is 23.1 Å². The minimum Gasteiger partial charge on any atom is -0.493 e. The number of carbonyl (C=O) groups excluding carboxylic acids is 1. The van der Waals surface area contributed by atoms with E-state index in [0.29, 0.717) is 30.5 Å². The lowest BCUT2D eigenvalue weighted by molar-refractivity contribution is 0.0728. The molecule has 1 fully saturated rings. The van der Waals surface area contributed by atoms with E-state index in [1.54, 1.807) is 14.2 Å². The highest BCUT2D eigenvalue weighted by atomic mass is 16.5. The summed E-state index contributed by atoms with van der Waals surface area (Å²) in [5, 5.41) is 0. The van der Waals surface area contributed by atoms with Gasteiger partial charge in [0.2, 0.25) is 0 Å². The first-order valence-corrected chi connectivity index (χ1v) is 10.2. The molecule has 0 spiro atoms. The van der Waals surface area contributed by atoms with Crippen LogP contribution in [0.4, 0.5) is 5.82 Å². The molecule has 1 amide bonds. The molecule has 0 N–H and O–H groups in total. The Morgan fingerprint density at radius 2 is 1.83 bits per heavy atom. The summed E-state index contributed by atoms with van der Waals surface area (Å²) >= 11 is 0. The fourth-order valence-corrected chi connectivity index (χ4v) is 4.25. The zero-order chi connectivity index (χ0) is 20.4. The van der Waals surface area contributed by atoms with Gasteiger partial charge in [-0.25, -0.2) is 9.97 Å². The highest BCUT2D eigenvalue weighted by Crippen LogP contribution is 2.33. The first-order chi connectivity index (χ1) is 14.1. The molecule has 1 aromatic heterocycles. The molecule has 0 radical (unpaired) electrons. The zero-order valence-electron chi connectivity index (χ0n) is 17.4. The van der Waals surface area contributed by atoms with Crippen LogP contribution in [-0.4, -0.2) is 54.6 Å². The van der Waals surface area contributed by atoms with Gasteiger partial charge in [-0.3, -0.25) is 4.79 Å². The van der Waals surface area contributed by atoms with Crippen LogP contribution in [0.2, 0.25) is 0 Å². The third-order valence-corrected chi connectivity index (χ3v) is 5.86. The number of rotatable bonds is 4. The van der Waals surface area contributed by atoms with Crippen molar-refractivity contribution >= 4 is 11.7 Å². The summed E-state index contributed by atoms with van der Waals surface area (Å²) in [5.74, 6) is 2.84. The van der Waals surface area contributed by atoms with Crippen molar-refractivity contribution in [3.63, 3.8) is 0 Å². The minimum atomic E-state index is -0.0563. The number of fused-ring (bicyclic) bond motifs is 1. The number of hydrogen-bond donors (Lipinski definition) is 0. The lowest BCUT2D eigenvalue weighted by atomic mass is 9.98. The Bertz CT molecular complexity index is 902. The zero-order valence-corrected chi connectivity index (χ0v) is 17.4. The van der Waals surface area contributed by atoms with Crippen molar-refractivity contribution < 1.29 is 14.3 Å². The summed E-state index contributed by atoms with van der Waals surface area (Å²) < 4.78 is 10.8. The smallest absolute Gasteiger partial charge is 0.272 e. The molecule has 7 heteroatoms. The predicted molar refractivity (Wildman–Crippen MR) is 111 cm³/mol. The molecule has 29 heavy (non-hydrogen) atoms. The van der Waals surface area contributed by atoms with Gasteiger partial charge in [-0.15, -0.1) is 0 Å². The molecule has 154 valence electrons. The van der Waals surface area contributed by atoms with E-state index < -0.39 is 0 Å². The van der Waals surface area contributed by atoms with Gasteiger partial charge in [0.25, 0.3) is 5.91 Å². The second-order valence-electron chi connectivity index (χ2n) is 7.91. The SMILES string of the molecule is COc1cc2c(cc1OC)CN(C(=O)c1cc(N3CCCC(C)C3)ncn1)CC2. The van der Waals surface area contributed by atoms with Gasteiger partial charge in [0, 0.05) is 32.2 Å². The van der Waals surface area contributed by atoms with Crippen molar-refractivity contribution in [2.75, 3.05) is 38.8 Å². The first-order valence-electron chi connectivity index (χ1n) is 10.2. The Balaban J connectivity index is 1.53. The number of amides is 1. The van der Waals surface area contributed by atoms with E-state index in [9.17, 15) is 4.79 Å². The summed E-state index contributed by atoms with van der Waals surface area (Å²) in [6.45, 7) is 5.40. The molecule has 4 rings (SSSR count). The Hall–Kier alpha value is -2.83. The molecule has 0 saturated carbocycles. The van der Waals surface area contributed by atoms with Crippen LogP contribution in [0.5, 0.6) is 11.5 Å². The summed E-state index contributed by atoms with van der Waals surface area (Å²) in [6, 6.07) is 5.81. The van der Waals surface area contributed by atoms with Crippen molar-refractivity contribution in [3.05, 3.63) is 41.3 Å². The third kappa shape index (κ3) is 3.99. The summed E-state index contributed by atoms with van der Waals surface area (Å²) in [7, 11) is 3.26. The van der Waals surface area contributed by atoms with Gasteiger partial charge in [-0.05, 0) is 48.4 Å². The fourth-order valence-electron chi connectivity index (χ4n) is 4.25. The number of methoxy groups -OCH3 is 2. The number of hydrogen-bond acceptors (Lipinski definition) is 6. The van der Waals surface area contributed by atoms with Crippen LogP contribution in [0.1, 0.15) is 41.4 Å². The second-order valence-corrected chi connectivity index (χ2v) is 7.91. The van der Waals surface area contributed by atoms with Crippen LogP contribution in [0.15, 0.2) is 24.5 Å². The van der Waals surface area contributed by atoms with Crippen LogP contribution in [0, 0.1) is 5.92 Å². The summed E-state index contributed by atoms with van der Waals surface area (Å²) in [6.07, 6.45) is 4.69. The largest absolute Gasteiger partial charge is 0.493 e. The number of benzene rings is 1. The number of carbonyl (C=O) groups is 1. The molecule has 1 aromatic carbocycles. The minimum absolute atomic E-state index is 0.0563. The molecule has 2 aliphatic rings. The molecule has 0 aliphatic carbocycles. The predicted octanol–water partition coefficient (Wildman–Crippen LogP) is 2.93. The lowest BCUT2D eigenvalue weighted by Gasteiger charge is -2.32. The van der Waals surface area contributed by atoms with E-state index >= 15 is 0 Å². The monoisotopic (exact) mass is 396 g/mol. The van der Waals surface area contributed by atoms with Gasteiger partial charge >= 0.3 is 0 Å². The maximum atomic E-state index is 13.1. The van der Waals surface area contributed by atoms with E-state index in [-0.39, 0.29) is 5.91 Å².